The number of hydrogen-bond acceptors (Lipinski definition) is 5. The molecular weight excluding hydrogens is 430 g/mol. The van der Waals surface area contributed by atoms with Gasteiger partial charge in [-0.1, -0.05) is 39.0 Å². The molecule has 0 bridgehead atoms. The molecule has 1 aromatic heterocycles. The van der Waals surface area contributed by atoms with E-state index in [4.69, 9.17) is 4.74 Å². The van der Waals surface area contributed by atoms with E-state index >= 15 is 0 Å². The summed E-state index contributed by atoms with van der Waals surface area (Å²) in [6.07, 6.45) is 0. The van der Waals surface area contributed by atoms with Crippen LogP contribution in [0.5, 0.6) is 5.75 Å². The maximum Gasteiger partial charge on any atom is 0.251 e. The van der Waals surface area contributed by atoms with Crippen LogP contribution in [0.2, 0.25) is 0 Å². The van der Waals surface area contributed by atoms with Crippen molar-refractivity contribution in [1.82, 2.24) is 5.32 Å². The van der Waals surface area contributed by atoms with E-state index in [-0.39, 0.29) is 22.8 Å². The lowest BCUT2D eigenvalue weighted by molar-refractivity contribution is 0.0953. The predicted molar refractivity (Wildman–Crippen MR) is 125 cm³/mol. The van der Waals surface area contributed by atoms with Gasteiger partial charge < -0.3 is 10.1 Å². The molecule has 3 aromatic rings. The molecule has 1 amide bonds. The van der Waals surface area contributed by atoms with Crippen molar-refractivity contribution in [2.24, 2.45) is 0 Å². The summed E-state index contributed by atoms with van der Waals surface area (Å²) in [7, 11) is -2.18. The number of thiophene rings is 1. The van der Waals surface area contributed by atoms with E-state index in [0.29, 0.717) is 16.2 Å². The average Bonchev–Trinajstić information content (AvgIpc) is 3.27. The average molecular weight is 458 g/mol. The summed E-state index contributed by atoms with van der Waals surface area (Å²) in [5.41, 5.74) is 1.62. The summed E-state index contributed by atoms with van der Waals surface area (Å²) in [5, 5.41) is 3.76. The van der Waals surface area contributed by atoms with Crippen LogP contribution in [0.1, 0.15) is 46.8 Å². The van der Waals surface area contributed by atoms with Crippen molar-refractivity contribution in [3.63, 3.8) is 0 Å². The molecule has 2 aromatic carbocycles. The summed E-state index contributed by atoms with van der Waals surface area (Å²) >= 11 is 1.36. The van der Waals surface area contributed by atoms with Crippen molar-refractivity contribution < 1.29 is 17.9 Å². The van der Waals surface area contributed by atoms with Gasteiger partial charge >= 0.3 is 0 Å². The van der Waals surface area contributed by atoms with E-state index in [9.17, 15) is 13.2 Å². The molecule has 164 valence electrons. The van der Waals surface area contributed by atoms with Gasteiger partial charge in [0.05, 0.1) is 12.0 Å². The molecule has 0 saturated heterocycles. The van der Waals surface area contributed by atoms with E-state index in [1.165, 1.54) is 30.6 Å². The number of hydrogen-bond donors (Lipinski definition) is 1. The molecule has 3 rings (SSSR count). The number of nitrogens with one attached hydrogen (secondary N) is 1. The van der Waals surface area contributed by atoms with E-state index in [0.717, 1.165) is 5.56 Å². The van der Waals surface area contributed by atoms with Crippen LogP contribution in [0.3, 0.4) is 0 Å². The van der Waals surface area contributed by atoms with Crippen molar-refractivity contribution in [2.45, 2.75) is 36.3 Å². The molecule has 0 spiro atoms. The maximum absolute atomic E-state index is 13.3. The van der Waals surface area contributed by atoms with Gasteiger partial charge in [-0.05, 0) is 58.8 Å². The Balaban J connectivity index is 1.81. The molecule has 0 saturated carbocycles. The smallest absolute Gasteiger partial charge is 0.251 e. The zero-order chi connectivity index (χ0) is 22.6. The molecule has 31 heavy (non-hydrogen) atoms. The maximum atomic E-state index is 13.3. The first-order valence-corrected chi connectivity index (χ1v) is 12.4. The topological polar surface area (TPSA) is 72.5 Å². The Hall–Kier alpha value is -2.64. The van der Waals surface area contributed by atoms with E-state index in [2.05, 4.69) is 26.1 Å². The number of ether oxygens (including phenoxy) is 1. The number of amides is 1. The Kier molecular flexibility index (Phi) is 6.86. The van der Waals surface area contributed by atoms with Crippen molar-refractivity contribution in [2.75, 3.05) is 13.7 Å². The van der Waals surface area contributed by atoms with Crippen LogP contribution >= 0.6 is 11.3 Å². The van der Waals surface area contributed by atoms with E-state index in [1.54, 1.807) is 30.3 Å². The van der Waals surface area contributed by atoms with Crippen molar-refractivity contribution >= 4 is 27.1 Å². The molecule has 1 N–H and O–H groups in total. The fourth-order valence-corrected chi connectivity index (χ4v) is 5.96. The second-order valence-corrected chi connectivity index (χ2v) is 11.4. The van der Waals surface area contributed by atoms with Crippen molar-refractivity contribution in [1.29, 1.82) is 0 Å². The summed E-state index contributed by atoms with van der Waals surface area (Å²) in [6.45, 7) is 6.31. The van der Waals surface area contributed by atoms with Gasteiger partial charge in [0.15, 0.2) is 9.84 Å². The lowest BCUT2D eigenvalue weighted by Crippen LogP contribution is -2.31. The molecule has 0 aliphatic rings. The molecular formula is C24H27NO4S2. The van der Waals surface area contributed by atoms with Crippen LogP contribution in [0.25, 0.3) is 0 Å². The van der Waals surface area contributed by atoms with Crippen LogP contribution < -0.4 is 10.1 Å². The second kappa shape index (κ2) is 9.24. The normalized spacial score (nSPS) is 12.9. The fraction of sp³-hybridized carbons (Fsp3) is 0.292. The zero-order valence-corrected chi connectivity index (χ0v) is 19.7. The van der Waals surface area contributed by atoms with Crippen LogP contribution in [0.15, 0.2) is 70.9 Å². The number of sulfone groups is 1. The first kappa shape index (κ1) is 23.0. The van der Waals surface area contributed by atoms with Crippen molar-refractivity contribution in [3.05, 3.63) is 82.0 Å². The Bertz CT molecular complexity index is 1110. The molecule has 5 nitrogen and oxygen atoms in total. The van der Waals surface area contributed by atoms with Gasteiger partial charge in [0.1, 0.15) is 11.0 Å². The number of rotatable bonds is 7. The van der Waals surface area contributed by atoms with Gasteiger partial charge in [-0.2, -0.15) is 0 Å². The Morgan fingerprint density at radius 3 is 2.19 bits per heavy atom. The van der Waals surface area contributed by atoms with Crippen LogP contribution in [-0.2, 0) is 15.3 Å². The lowest BCUT2D eigenvalue weighted by atomic mass is 9.87. The largest absolute Gasteiger partial charge is 0.497 e. The molecule has 1 atom stereocenters. The number of carbonyl (C=O) groups excluding carboxylic acids is 1. The van der Waals surface area contributed by atoms with Gasteiger partial charge in [0.25, 0.3) is 5.91 Å². The minimum absolute atomic E-state index is 0.00822. The minimum Gasteiger partial charge on any atom is -0.497 e. The molecule has 0 fully saturated rings. The highest BCUT2D eigenvalue weighted by Crippen LogP contribution is 2.32. The molecule has 0 aliphatic heterocycles. The first-order chi connectivity index (χ1) is 14.6. The summed E-state index contributed by atoms with van der Waals surface area (Å²) in [6, 6.07) is 17.3. The molecule has 1 heterocycles. The third-order valence-electron chi connectivity index (χ3n) is 5.08. The van der Waals surface area contributed by atoms with Gasteiger partial charge in [-0.3, -0.25) is 4.79 Å². The first-order valence-electron chi connectivity index (χ1n) is 9.93. The lowest BCUT2D eigenvalue weighted by Gasteiger charge is -2.20. The Labute approximate surface area is 188 Å². The van der Waals surface area contributed by atoms with Gasteiger partial charge in [0, 0.05) is 17.0 Å². The minimum atomic E-state index is -3.71. The number of benzene rings is 2. The molecule has 0 aliphatic carbocycles. The highest BCUT2D eigenvalue weighted by atomic mass is 32.2. The number of carbonyl (C=O) groups is 1. The highest BCUT2D eigenvalue weighted by molar-refractivity contribution is 7.91. The Morgan fingerprint density at radius 1 is 1.03 bits per heavy atom. The van der Waals surface area contributed by atoms with Crippen LogP contribution in [0, 0.1) is 0 Å². The third kappa shape index (κ3) is 5.35. The third-order valence-corrected chi connectivity index (χ3v) is 8.32. The highest BCUT2D eigenvalue weighted by Gasteiger charge is 2.30. The van der Waals surface area contributed by atoms with Crippen LogP contribution in [-0.4, -0.2) is 28.0 Å². The summed E-state index contributed by atoms with van der Waals surface area (Å²) in [5.74, 6) is 0.283. The summed E-state index contributed by atoms with van der Waals surface area (Å²) in [4.78, 5) is 13.6. The number of methoxy groups -OCH3 is 1. The SMILES string of the molecule is COc1ccc(S(=O)(=O)C(CNC(=O)c2ccc(C(C)(C)C)cc2)c2cccs2)cc1. The predicted octanol–water partition coefficient (Wildman–Crippen LogP) is 5.00. The van der Waals surface area contributed by atoms with Gasteiger partial charge in [-0.25, -0.2) is 8.42 Å². The molecule has 0 radical (unpaired) electrons. The zero-order valence-electron chi connectivity index (χ0n) is 18.1. The van der Waals surface area contributed by atoms with E-state index < -0.39 is 15.1 Å². The Morgan fingerprint density at radius 2 is 1.68 bits per heavy atom. The van der Waals surface area contributed by atoms with Gasteiger partial charge in [0.2, 0.25) is 0 Å². The van der Waals surface area contributed by atoms with Gasteiger partial charge in [-0.15, -0.1) is 11.3 Å². The standard InChI is InChI=1S/C24H27NO4S2/c1-24(2,3)18-9-7-17(8-10-18)23(26)25-16-22(21-6-5-15-30-21)31(27,28)20-13-11-19(29-4)12-14-20/h5-15,22H,16H2,1-4H3,(H,25,26). The molecule has 7 heteroatoms. The van der Waals surface area contributed by atoms with Crippen molar-refractivity contribution in [3.8, 4) is 5.75 Å². The second-order valence-electron chi connectivity index (χ2n) is 8.26. The molecule has 1 unspecified atom stereocenters. The monoisotopic (exact) mass is 457 g/mol. The van der Waals surface area contributed by atoms with Crippen LogP contribution in [0.4, 0.5) is 0 Å². The van der Waals surface area contributed by atoms with E-state index in [1.807, 2.05) is 23.6 Å². The fourth-order valence-electron chi connectivity index (χ4n) is 3.18. The summed E-state index contributed by atoms with van der Waals surface area (Å²) < 4.78 is 31.8. The quantitative estimate of drug-likeness (QED) is 0.542.